The standard InChI is InChI=1S/C21H13ClN2O5S/c22-14-5-7-15(8-6-14)23-18(25)11-24-19(26)17(30-21(24)28)10-13-9-12-3-1-2-4-16(12)29-20(13)27/h1-10H,11H2,(H,23,25). The van der Waals surface area contributed by atoms with E-state index in [0.717, 1.165) is 4.90 Å². The van der Waals surface area contributed by atoms with Gasteiger partial charge in [0, 0.05) is 16.1 Å². The highest BCUT2D eigenvalue weighted by Crippen LogP contribution is 2.32. The van der Waals surface area contributed by atoms with Crippen molar-refractivity contribution in [2.24, 2.45) is 0 Å². The lowest BCUT2D eigenvalue weighted by molar-refractivity contribution is -0.127. The monoisotopic (exact) mass is 440 g/mol. The molecule has 0 radical (unpaired) electrons. The Hall–Kier alpha value is -3.36. The average molecular weight is 441 g/mol. The molecule has 1 aliphatic heterocycles. The third kappa shape index (κ3) is 4.14. The molecule has 1 N–H and O–H groups in total. The topological polar surface area (TPSA) is 96.7 Å². The highest BCUT2D eigenvalue weighted by molar-refractivity contribution is 8.18. The fourth-order valence-corrected chi connectivity index (χ4v) is 3.79. The predicted molar refractivity (Wildman–Crippen MR) is 115 cm³/mol. The first-order valence-electron chi connectivity index (χ1n) is 8.74. The zero-order valence-electron chi connectivity index (χ0n) is 15.3. The maximum absolute atomic E-state index is 12.6. The van der Waals surface area contributed by atoms with Crippen LogP contribution in [-0.2, 0) is 9.59 Å². The molecule has 0 spiro atoms. The summed E-state index contributed by atoms with van der Waals surface area (Å²) in [6, 6.07) is 15.0. The van der Waals surface area contributed by atoms with E-state index in [4.69, 9.17) is 16.0 Å². The summed E-state index contributed by atoms with van der Waals surface area (Å²) in [7, 11) is 0. The maximum atomic E-state index is 12.6. The number of amides is 3. The van der Waals surface area contributed by atoms with Crippen molar-refractivity contribution in [3.05, 3.63) is 80.5 Å². The molecular weight excluding hydrogens is 428 g/mol. The number of para-hydroxylation sites is 1. The van der Waals surface area contributed by atoms with Gasteiger partial charge in [0.25, 0.3) is 11.1 Å². The second-order valence-electron chi connectivity index (χ2n) is 6.35. The smallest absolute Gasteiger partial charge is 0.343 e. The lowest BCUT2D eigenvalue weighted by Gasteiger charge is -2.12. The van der Waals surface area contributed by atoms with Crippen LogP contribution in [0.25, 0.3) is 17.0 Å². The first-order valence-corrected chi connectivity index (χ1v) is 9.94. The summed E-state index contributed by atoms with van der Waals surface area (Å²) in [6.45, 7) is -0.447. The molecule has 1 aliphatic rings. The van der Waals surface area contributed by atoms with E-state index in [1.165, 1.54) is 6.08 Å². The number of carbonyl (C=O) groups excluding carboxylic acids is 3. The number of carbonyl (C=O) groups is 3. The minimum Gasteiger partial charge on any atom is -0.422 e. The zero-order valence-corrected chi connectivity index (χ0v) is 16.8. The molecule has 0 aliphatic carbocycles. The van der Waals surface area contributed by atoms with Crippen molar-refractivity contribution in [1.29, 1.82) is 0 Å². The van der Waals surface area contributed by atoms with Crippen LogP contribution in [-0.4, -0.2) is 28.5 Å². The largest absolute Gasteiger partial charge is 0.422 e. The number of rotatable bonds is 4. The molecule has 0 unspecified atom stereocenters. The molecule has 3 aromatic rings. The number of hydrogen-bond acceptors (Lipinski definition) is 6. The number of halogens is 1. The van der Waals surface area contributed by atoms with Gasteiger partial charge in [0.05, 0.1) is 10.5 Å². The van der Waals surface area contributed by atoms with Crippen LogP contribution in [0.1, 0.15) is 5.56 Å². The summed E-state index contributed by atoms with van der Waals surface area (Å²) >= 11 is 6.46. The molecule has 0 bridgehead atoms. The number of nitrogens with zero attached hydrogens (tertiary/aromatic N) is 1. The maximum Gasteiger partial charge on any atom is 0.343 e. The van der Waals surface area contributed by atoms with Crippen LogP contribution in [0.3, 0.4) is 0 Å². The van der Waals surface area contributed by atoms with Crippen molar-refractivity contribution in [3.63, 3.8) is 0 Å². The first-order chi connectivity index (χ1) is 14.4. The Morgan fingerprint density at radius 1 is 1.10 bits per heavy atom. The SMILES string of the molecule is O=C(CN1C(=O)SC(=Cc2cc3ccccc3oc2=O)C1=O)Nc1ccc(Cl)cc1. The molecule has 30 heavy (non-hydrogen) atoms. The van der Waals surface area contributed by atoms with E-state index in [1.54, 1.807) is 54.6 Å². The Labute approximate surface area is 179 Å². The van der Waals surface area contributed by atoms with Crippen LogP contribution in [0, 0.1) is 0 Å². The van der Waals surface area contributed by atoms with Crippen molar-refractivity contribution in [1.82, 2.24) is 4.90 Å². The van der Waals surface area contributed by atoms with Crippen LogP contribution in [0.5, 0.6) is 0 Å². The summed E-state index contributed by atoms with van der Waals surface area (Å²) < 4.78 is 5.24. The average Bonchev–Trinajstić information content (AvgIpc) is 2.97. The van der Waals surface area contributed by atoms with Crippen LogP contribution in [0.2, 0.25) is 5.02 Å². The number of nitrogens with one attached hydrogen (secondary N) is 1. The Kier molecular flexibility index (Phi) is 5.43. The number of thioether (sulfide) groups is 1. The highest BCUT2D eigenvalue weighted by Gasteiger charge is 2.36. The highest BCUT2D eigenvalue weighted by atomic mass is 35.5. The number of benzene rings is 2. The normalized spacial score (nSPS) is 15.2. The van der Waals surface area contributed by atoms with E-state index in [1.807, 2.05) is 0 Å². The molecular formula is C21H13ClN2O5S. The molecule has 1 fully saturated rings. The molecule has 4 rings (SSSR count). The lowest BCUT2D eigenvalue weighted by atomic mass is 10.2. The van der Waals surface area contributed by atoms with Crippen molar-refractivity contribution >= 4 is 63.1 Å². The van der Waals surface area contributed by atoms with Crippen molar-refractivity contribution in [3.8, 4) is 0 Å². The summed E-state index contributed by atoms with van der Waals surface area (Å²) in [5.74, 6) is -1.19. The van der Waals surface area contributed by atoms with Gasteiger partial charge in [-0.1, -0.05) is 29.8 Å². The van der Waals surface area contributed by atoms with Gasteiger partial charge >= 0.3 is 5.63 Å². The first kappa shape index (κ1) is 19.9. The van der Waals surface area contributed by atoms with Crippen LogP contribution < -0.4 is 10.9 Å². The van der Waals surface area contributed by atoms with Gasteiger partial charge in [-0.3, -0.25) is 19.3 Å². The van der Waals surface area contributed by atoms with Gasteiger partial charge in [-0.05, 0) is 54.2 Å². The molecule has 9 heteroatoms. The molecule has 2 heterocycles. The molecule has 7 nitrogen and oxygen atoms in total. The fraction of sp³-hybridized carbons (Fsp3) is 0.0476. The summed E-state index contributed by atoms with van der Waals surface area (Å²) in [6.07, 6.45) is 1.31. The summed E-state index contributed by atoms with van der Waals surface area (Å²) in [4.78, 5) is 50.1. The fourth-order valence-electron chi connectivity index (χ4n) is 2.83. The van der Waals surface area contributed by atoms with E-state index in [0.29, 0.717) is 33.4 Å². The molecule has 1 aromatic heterocycles. The number of imide groups is 1. The van der Waals surface area contributed by atoms with Crippen molar-refractivity contribution in [2.75, 3.05) is 11.9 Å². The van der Waals surface area contributed by atoms with Crippen molar-refractivity contribution < 1.29 is 18.8 Å². The third-order valence-electron chi connectivity index (χ3n) is 4.26. The van der Waals surface area contributed by atoms with Gasteiger partial charge in [0.1, 0.15) is 12.1 Å². The third-order valence-corrected chi connectivity index (χ3v) is 5.42. The lowest BCUT2D eigenvalue weighted by Crippen LogP contribution is -2.36. The van der Waals surface area contributed by atoms with Gasteiger partial charge in [-0.15, -0.1) is 0 Å². The number of anilines is 1. The van der Waals surface area contributed by atoms with E-state index in [-0.39, 0.29) is 10.5 Å². The van der Waals surface area contributed by atoms with Gasteiger partial charge in [0.15, 0.2) is 0 Å². The number of fused-ring (bicyclic) bond motifs is 1. The Bertz CT molecular complexity index is 1270. The van der Waals surface area contributed by atoms with Crippen LogP contribution in [0.15, 0.2) is 68.7 Å². The van der Waals surface area contributed by atoms with E-state index in [9.17, 15) is 19.2 Å². The summed E-state index contributed by atoms with van der Waals surface area (Å²) in [5, 5.41) is 3.20. The van der Waals surface area contributed by atoms with Gasteiger partial charge in [-0.2, -0.15) is 0 Å². The molecule has 0 saturated carbocycles. The van der Waals surface area contributed by atoms with Gasteiger partial charge in [0.2, 0.25) is 5.91 Å². The predicted octanol–water partition coefficient (Wildman–Crippen LogP) is 4.12. The minimum atomic E-state index is -0.649. The van der Waals surface area contributed by atoms with Crippen LogP contribution in [0.4, 0.5) is 10.5 Å². The van der Waals surface area contributed by atoms with Gasteiger partial charge in [-0.25, -0.2) is 4.79 Å². The zero-order chi connectivity index (χ0) is 21.3. The van der Waals surface area contributed by atoms with E-state index >= 15 is 0 Å². The second kappa shape index (κ2) is 8.17. The Morgan fingerprint density at radius 2 is 1.83 bits per heavy atom. The van der Waals surface area contributed by atoms with E-state index < -0.39 is 29.2 Å². The number of hydrogen-bond donors (Lipinski definition) is 1. The Morgan fingerprint density at radius 3 is 2.60 bits per heavy atom. The van der Waals surface area contributed by atoms with E-state index in [2.05, 4.69) is 5.32 Å². The van der Waals surface area contributed by atoms with Gasteiger partial charge < -0.3 is 9.73 Å². The quantitative estimate of drug-likeness (QED) is 0.484. The Balaban J connectivity index is 1.52. The molecule has 3 amide bonds. The van der Waals surface area contributed by atoms with Crippen LogP contribution >= 0.6 is 23.4 Å². The summed E-state index contributed by atoms with van der Waals surface area (Å²) in [5.41, 5.74) is 0.429. The molecule has 150 valence electrons. The molecule has 0 atom stereocenters. The second-order valence-corrected chi connectivity index (χ2v) is 7.78. The molecule has 1 saturated heterocycles. The minimum absolute atomic E-state index is 0.0434. The molecule has 2 aromatic carbocycles. The van der Waals surface area contributed by atoms with Crippen molar-refractivity contribution in [2.45, 2.75) is 0 Å².